The Bertz CT molecular complexity index is 849. The monoisotopic (exact) mass is 354 g/mol. The summed E-state index contributed by atoms with van der Waals surface area (Å²) in [4.78, 5) is 33.7. The van der Waals surface area contributed by atoms with E-state index in [1.807, 2.05) is 25.1 Å². The zero-order valence-electron chi connectivity index (χ0n) is 14.1. The molecule has 8 heteroatoms. The average Bonchev–Trinajstić information content (AvgIpc) is 2.60. The number of nitro benzene ring substituents is 1. The SMILES string of the molecule is Cc1cccc(NC(=O)CCC(=O)N/N=C\c2cccc([N+](=O)[O-])c2)c1. The standard InChI is InChI=1S/C18H18N4O4/c1-13-4-2-6-15(10-13)20-17(23)8-9-18(24)21-19-12-14-5-3-7-16(11-14)22(25)26/h2-7,10-12H,8-9H2,1H3,(H,20,23)(H,21,24)/b19-12-. The number of non-ortho nitro benzene ring substituents is 1. The summed E-state index contributed by atoms with van der Waals surface area (Å²) in [6.07, 6.45) is 1.30. The molecule has 2 aromatic rings. The Morgan fingerprint density at radius 1 is 1.12 bits per heavy atom. The molecule has 2 N–H and O–H groups in total. The van der Waals surface area contributed by atoms with Crippen LogP contribution < -0.4 is 10.7 Å². The fourth-order valence-electron chi connectivity index (χ4n) is 2.13. The van der Waals surface area contributed by atoms with Gasteiger partial charge in [0.15, 0.2) is 0 Å². The first kappa shape index (κ1) is 18.8. The summed E-state index contributed by atoms with van der Waals surface area (Å²) >= 11 is 0. The summed E-state index contributed by atoms with van der Waals surface area (Å²) in [5.41, 5.74) is 4.41. The minimum absolute atomic E-state index is 0.0199. The van der Waals surface area contributed by atoms with Gasteiger partial charge in [0.25, 0.3) is 5.69 Å². The highest BCUT2D eigenvalue weighted by molar-refractivity contribution is 5.93. The van der Waals surface area contributed by atoms with E-state index in [0.717, 1.165) is 5.56 Å². The molecule has 0 spiro atoms. The van der Waals surface area contributed by atoms with E-state index in [9.17, 15) is 19.7 Å². The van der Waals surface area contributed by atoms with E-state index in [2.05, 4.69) is 15.8 Å². The van der Waals surface area contributed by atoms with Crippen molar-refractivity contribution < 1.29 is 14.5 Å². The van der Waals surface area contributed by atoms with Crippen LogP contribution in [-0.2, 0) is 9.59 Å². The number of amides is 2. The fraction of sp³-hybridized carbons (Fsp3) is 0.167. The first-order chi connectivity index (χ1) is 12.4. The van der Waals surface area contributed by atoms with Gasteiger partial charge in [-0.05, 0) is 24.6 Å². The third-order valence-electron chi connectivity index (χ3n) is 3.36. The van der Waals surface area contributed by atoms with Crippen molar-refractivity contribution in [1.29, 1.82) is 0 Å². The number of hydrazone groups is 1. The second kappa shape index (κ2) is 9.07. The largest absolute Gasteiger partial charge is 0.326 e. The Morgan fingerprint density at radius 2 is 1.85 bits per heavy atom. The number of nitro groups is 1. The van der Waals surface area contributed by atoms with E-state index < -0.39 is 10.8 Å². The second-order valence-electron chi connectivity index (χ2n) is 5.56. The molecule has 0 aliphatic rings. The molecule has 0 aromatic heterocycles. The lowest BCUT2D eigenvalue weighted by Gasteiger charge is -2.05. The van der Waals surface area contributed by atoms with Crippen LogP contribution in [0.5, 0.6) is 0 Å². The number of hydrogen-bond acceptors (Lipinski definition) is 5. The van der Waals surface area contributed by atoms with Gasteiger partial charge >= 0.3 is 0 Å². The lowest BCUT2D eigenvalue weighted by Crippen LogP contribution is -2.20. The zero-order chi connectivity index (χ0) is 18.9. The fourth-order valence-corrected chi connectivity index (χ4v) is 2.13. The maximum atomic E-state index is 11.8. The summed E-state index contributed by atoms with van der Waals surface area (Å²) in [7, 11) is 0. The van der Waals surface area contributed by atoms with E-state index in [4.69, 9.17) is 0 Å². The van der Waals surface area contributed by atoms with Crippen LogP contribution >= 0.6 is 0 Å². The van der Waals surface area contributed by atoms with Crippen molar-refractivity contribution in [1.82, 2.24) is 5.43 Å². The highest BCUT2D eigenvalue weighted by Crippen LogP contribution is 2.11. The maximum Gasteiger partial charge on any atom is 0.270 e. The molecule has 0 bridgehead atoms. The van der Waals surface area contributed by atoms with E-state index in [1.165, 1.54) is 24.4 Å². The summed E-state index contributed by atoms with van der Waals surface area (Å²) in [6, 6.07) is 13.2. The van der Waals surface area contributed by atoms with E-state index >= 15 is 0 Å². The molecule has 2 aromatic carbocycles. The van der Waals surface area contributed by atoms with Gasteiger partial charge in [0.05, 0.1) is 11.1 Å². The van der Waals surface area contributed by atoms with Gasteiger partial charge in [-0.25, -0.2) is 5.43 Å². The zero-order valence-corrected chi connectivity index (χ0v) is 14.1. The van der Waals surface area contributed by atoms with Gasteiger partial charge in [-0.2, -0.15) is 5.10 Å². The molecule has 0 saturated heterocycles. The molecule has 8 nitrogen and oxygen atoms in total. The van der Waals surface area contributed by atoms with Crippen molar-refractivity contribution >= 4 is 29.4 Å². The number of nitrogens with one attached hydrogen (secondary N) is 2. The Hall–Kier alpha value is -3.55. The topological polar surface area (TPSA) is 114 Å². The number of carbonyl (C=O) groups excluding carboxylic acids is 2. The molecule has 0 aliphatic heterocycles. The quantitative estimate of drug-likeness (QED) is 0.452. The van der Waals surface area contributed by atoms with Crippen LogP contribution in [0.25, 0.3) is 0 Å². The van der Waals surface area contributed by atoms with Crippen molar-refractivity contribution in [2.45, 2.75) is 19.8 Å². The van der Waals surface area contributed by atoms with Crippen molar-refractivity contribution in [3.8, 4) is 0 Å². The predicted octanol–water partition coefficient (Wildman–Crippen LogP) is 2.77. The summed E-state index contributed by atoms with van der Waals surface area (Å²) < 4.78 is 0. The predicted molar refractivity (Wildman–Crippen MR) is 97.9 cm³/mol. The number of nitrogens with zero attached hydrogens (tertiary/aromatic N) is 2. The summed E-state index contributed by atoms with van der Waals surface area (Å²) in [5, 5.41) is 17.1. The van der Waals surface area contributed by atoms with E-state index in [-0.39, 0.29) is 24.4 Å². The lowest BCUT2D eigenvalue weighted by molar-refractivity contribution is -0.384. The highest BCUT2D eigenvalue weighted by atomic mass is 16.6. The van der Waals surface area contributed by atoms with E-state index in [0.29, 0.717) is 11.3 Å². The molecule has 26 heavy (non-hydrogen) atoms. The van der Waals surface area contributed by atoms with E-state index in [1.54, 1.807) is 12.1 Å². The Morgan fingerprint density at radius 3 is 2.58 bits per heavy atom. The molecular formula is C18H18N4O4. The van der Waals surface area contributed by atoms with Crippen molar-refractivity contribution in [2.75, 3.05) is 5.32 Å². The van der Waals surface area contributed by atoms with Crippen LogP contribution in [0.2, 0.25) is 0 Å². The first-order valence-electron chi connectivity index (χ1n) is 7.87. The molecule has 0 atom stereocenters. The van der Waals surface area contributed by atoms with Gasteiger partial charge in [0.2, 0.25) is 11.8 Å². The average molecular weight is 354 g/mol. The highest BCUT2D eigenvalue weighted by Gasteiger charge is 2.07. The number of carbonyl (C=O) groups is 2. The third-order valence-corrected chi connectivity index (χ3v) is 3.36. The Labute approximate surface area is 150 Å². The molecule has 0 fully saturated rings. The molecule has 0 heterocycles. The van der Waals surface area contributed by atoms with Gasteiger partial charge in [-0.3, -0.25) is 19.7 Å². The maximum absolute atomic E-state index is 11.8. The molecular weight excluding hydrogens is 336 g/mol. The van der Waals surface area contributed by atoms with Gasteiger partial charge in [0.1, 0.15) is 0 Å². The molecule has 2 rings (SSSR count). The normalized spacial score (nSPS) is 10.5. The Kier molecular flexibility index (Phi) is 6.55. The number of aryl methyl sites for hydroxylation is 1. The number of rotatable bonds is 7. The molecule has 2 amide bonds. The molecule has 0 unspecified atom stereocenters. The second-order valence-corrected chi connectivity index (χ2v) is 5.56. The molecule has 0 radical (unpaired) electrons. The van der Waals surface area contributed by atoms with Crippen molar-refractivity contribution in [2.24, 2.45) is 5.10 Å². The molecule has 0 aliphatic carbocycles. The number of hydrogen-bond donors (Lipinski definition) is 2. The Balaban J connectivity index is 1.77. The third kappa shape index (κ3) is 6.16. The smallest absolute Gasteiger partial charge is 0.270 e. The minimum atomic E-state index is -0.511. The molecule has 0 saturated carbocycles. The van der Waals surface area contributed by atoms with Crippen molar-refractivity contribution in [3.63, 3.8) is 0 Å². The first-order valence-corrected chi connectivity index (χ1v) is 7.87. The van der Waals surface area contributed by atoms with Gasteiger partial charge < -0.3 is 5.32 Å². The van der Waals surface area contributed by atoms with Gasteiger partial charge in [-0.15, -0.1) is 0 Å². The number of benzene rings is 2. The van der Waals surface area contributed by atoms with Crippen LogP contribution in [-0.4, -0.2) is 23.0 Å². The van der Waals surface area contributed by atoms with Crippen LogP contribution in [0, 0.1) is 17.0 Å². The van der Waals surface area contributed by atoms with Crippen LogP contribution in [0.4, 0.5) is 11.4 Å². The van der Waals surface area contributed by atoms with Crippen LogP contribution in [0.1, 0.15) is 24.0 Å². The lowest BCUT2D eigenvalue weighted by atomic mass is 10.2. The van der Waals surface area contributed by atoms with Crippen molar-refractivity contribution in [3.05, 3.63) is 69.8 Å². The van der Waals surface area contributed by atoms with Crippen LogP contribution in [0.15, 0.2) is 53.6 Å². The van der Waals surface area contributed by atoms with Gasteiger partial charge in [0, 0.05) is 36.2 Å². The number of anilines is 1. The minimum Gasteiger partial charge on any atom is -0.326 e. The molecule has 134 valence electrons. The summed E-state index contributed by atoms with van der Waals surface area (Å²) in [5.74, 6) is -0.695. The van der Waals surface area contributed by atoms with Crippen LogP contribution in [0.3, 0.4) is 0 Å². The van der Waals surface area contributed by atoms with Gasteiger partial charge in [-0.1, -0.05) is 24.3 Å². The summed E-state index contributed by atoms with van der Waals surface area (Å²) in [6.45, 7) is 1.92.